The van der Waals surface area contributed by atoms with Crippen molar-refractivity contribution in [1.82, 2.24) is 4.98 Å². The minimum Gasteiger partial charge on any atom is -0.282 e. The Morgan fingerprint density at radius 1 is 1.36 bits per heavy atom. The first-order valence-electron chi connectivity index (χ1n) is 4.15. The molecule has 0 unspecified atom stereocenters. The third-order valence-corrected chi connectivity index (χ3v) is 2.06. The molecule has 0 bridgehead atoms. The minimum absolute atomic E-state index is 0.0384. The normalized spacial score (nSPS) is 19.5. The largest absolute Gasteiger partial charge is 0.291 e. The molecule has 0 spiro atoms. The molecule has 1 aliphatic rings. The van der Waals surface area contributed by atoms with Crippen LogP contribution in [0.5, 0.6) is 0 Å². The molecule has 0 saturated heterocycles. The Hall–Kier alpha value is -1.39. The summed E-state index contributed by atoms with van der Waals surface area (Å²) in [6.07, 6.45) is 0.864. The lowest BCUT2D eigenvalue weighted by atomic mass is 10.1. The molecule has 1 aliphatic heterocycles. The minimum atomic E-state index is -3.02. The molecular weight excluding hydrogens is 193 g/mol. The topological polar surface area (TPSA) is 25.2 Å². The SMILES string of the molecule is Fc1ncccc1C1=NCCC1(F)F. The van der Waals surface area contributed by atoms with Gasteiger partial charge in [-0.25, -0.2) is 4.98 Å². The molecule has 1 aromatic rings. The number of aromatic nitrogens is 1. The Bertz CT molecular complexity index is 387. The van der Waals surface area contributed by atoms with Crippen LogP contribution >= 0.6 is 0 Å². The number of alkyl halides is 2. The summed E-state index contributed by atoms with van der Waals surface area (Å²) in [7, 11) is 0. The second-order valence-corrected chi connectivity index (χ2v) is 3.03. The molecule has 74 valence electrons. The Morgan fingerprint density at radius 2 is 2.14 bits per heavy atom. The van der Waals surface area contributed by atoms with Crippen molar-refractivity contribution in [3.63, 3.8) is 0 Å². The van der Waals surface area contributed by atoms with E-state index in [0.29, 0.717) is 0 Å². The summed E-state index contributed by atoms with van der Waals surface area (Å²) >= 11 is 0. The molecule has 0 saturated carbocycles. The molecule has 0 aliphatic carbocycles. The highest BCUT2D eigenvalue weighted by molar-refractivity contribution is 6.06. The van der Waals surface area contributed by atoms with Gasteiger partial charge in [-0.2, -0.15) is 13.2 Å². The van der Waals surface area contributed by atoms with Crippen molar-refractivity contribution in [2.45, 2.75) is 12.3 Å². The van der Waals surface area contributed by atoms with Crippen LogP contribution in [0.2, 0.25) is 0 Å². The van der Waals surface area contributed by atoms with Crippen LogP contribution in [0.25, 0.3) is 0 Å². The van der Waals surface area contributed by atoms with Crippen LogP contribution in [0.15, 0.2) is 23.3 Å². The highest BCUT2D eigenvalue weighted by Crippen LogP contribution is 2.30. The van der Waals surface area contributed by atoms with Crippen LogP contribution in [0.1, 0.15) is 12.0 Å². The number of halogens is 3. The van der Waals surface area contributed by atoms with Gasteiger partial charge >= 0.3 is 0 Å². The van der Waals surface area contributed by atoms with E-state index in [1.807, 2.05) is 0 Å². The van der Waals surface area contributed by atoms with E-state index in [2.05, 4.69) is 9.98 Å². The van der Waals surface area contributed by atoms with Crippen molar-refractivity contribution in [3.8, 4) is 0 Å². The highest BCUT2D eigenvalue weighted by Gasteiger charge is 2.41. The predicted molar refractivity (Wildman–Crippen MR) is 45.2 cm³/mol. The smallest absolute Gasteiger partial charge is 0.282 e. The van der Waals surface area contributed by atoms with E-state index >= 15 is 0 Å². The van der Waals surface area contributed by atoms with Gasteiger partial charge in [0.1, 0.15) is 5.71 Å². The Labute approximate surface area is 78.5 Å². The number of hydrogen-bond donors (Lipinski definition) is 0. The second kappa shape index (κ2) is 3.08. The first-order chi connectivity index (χ1) is 6.61. The summed E-state index contributed by atoms with van der Waals surface area (Å²) in [5, 5.41) is 0. The van der Waals surface area contributed by atoms with E-state index in [1.165, 1.54) is 18.3 Å². The lowest BCUT2D eigenvalue weighted by Crippen LogP contribution is -2.26. The van der Waals surface area contributed by atoms with Crippen molar-refractivity contribution in [2.24, 2.45) is 4.99 Å². The van der Waals surface area contributed by atoms with Gasteiger partial charge in [0.25, 0.3) is 5.92 Å². The quantitative estimate of drug-likeness (QED) is 0.637. The molecule has 5 heteroatoms. The fourth-order valence-electron chi connectivity index (χ4n) is 1.39. The fraction of sp³-hybridized carbons (Fsp3) is 0.333. The van der Waals surface area contributed by atoms with E-state index in [4.69, 9.17) is 0 Å². The summed E-state index contributed by atoms with van der Waals surface area (Å²) in [6.45, 7) is 0.0384. The lowest BCUT2D eigenvalue weighted by molar-refractivity contribution is 0.0808. The van der Waals surface area contributed by atoms with Crippen molar-refractivity contribution in [2.75, 3.05) is 6.54 Å². The molecular formula is C9H7F3N2. The highest BCUT2D eigenvalue weighted by atomic mass is 19.3. The zero-order valence-corrected chi connectivity index (χ0v) is 7.17. The molecule has 0 amide bonds. The van der Waals surface area contributed by atoms with E-state index in [0.717, 1.165) is 0 Å². The average Bonchev–Trinajstić information content (AvgIpc) is 2.46. The third kappa shape index (κ3) is 1.38. The summed E-state index contributed by atoms with van der Waals surface area (Å²) in [6, 6.07) is 2.68. The monoisotopic (exact) mass is 200 g/mol. The van der Waals surface area contributed by atoms with E-state index < -0.39 is 17.6 Å². The molecule has 1 aromatic heterocycles. The van der Waals surface area contributed by atoms with Gasteiger partial charge in [0.15, 0.2) is 0 Å². The van der Waals surface area contributed by atoms with Gasteiger partial charge in [-0.1, -0.05) is 0 Å². The van der Waals surface area contributed by atoms with E-state index in [1.54, 1.807) is 0 Å². The van der Waals surface area contributed by atoms with Crippen LogP contribution in [-0.2, 0) is 0 Å². The standard InChI is InChI=1S/C9H7F3N2/c10-8-6(2-1-4-14-8)7-9(11,12)3-5-13-7/h1-2,4H,3,5H2. The van der Waals surface area contributed by atoms with E-state index in [-0.39, 0.29) is 18.5 Å². The van der Waals surface area contributed by atoms with Gasteiger partial charge in [-0.15, -0.1) is 0 Å². The zero-order valence-electron chi connectivity index (χ0n) is 7.17. The number of rotatable bonds is 1. The first-order valence-corrected chi connectivity index (χ1v) is 4.15. The maximum absolute atomic E-state index is 13.1. The number of nitrogens with zero attached hydrogens (tertiary/aromatic N) is 2. The van der Waals surface area contributed by atoms with E-state index in [9.17, 15) is 13.2 Å². The van der Waals surface area contributed by atoms with Gasteiger partial charge in [0.05, 0.1) is 5.56 Å². The summed E-state index contributed by atoms with van der Waals surface area (Å²) < 4.78 is 39.4. The maximum Gasteiger partial charge on any atom is 0.291 e. The lowest BCUT2D eigenvalue weighted by Gasteiger charge is -2.11. The van der Waals surface area contributed by atoms with Crippen LogP contribution in [-0.4, -0.2) is 23.2 Å². The Kier molecular flexibility index (Phi) is 2.02. The molecule has 2 nitrogen and oxygen atoms in total. The van der Waals surface area contributed by atoms with Gasteiger partial charge in [-0.3, -0.25) is 4.99 Å². The van der Waals surface area contributed by atoms with Gasteiger partial charge in [0.2, 0.25) is 5.95 Å². The molecule has 0 atom stereocenters. The van der Waals surface area contributed by atoms with Crippen molar-refractivity contribution >= 4 is 5.71 Å². The molecule has 2 heterocycles. The Morgan fingerprint density at radius 3 is 2.71 bits per heavy atom. The molecule has 0 radical (unpaired) electrons. The molecule has 0 N–H and O–H groups in total. The zero-order chi connectivity index (χ0) is 10.2. The summed E-state index contributed by atoms with van der Waals surface area (Å²) in [5.74, 6) is -3.92. The second-order valence-electron chi connectivity index (χ2n) is 3.03. The maximum atomic E-state index is 13.1. The summed E-state index contributed by atoms with van der Waals surface area (Å²) in [5.41, 5.74) is -0.682. The summed E-state index contributed by atoms with van der Waals surface area (Å²) in [4.78, 5) is 6.91. The number of pyridine rings is 1. The fourth-order valence-corrected chi connectivity index (χ4v) is 1.39. The van der Waals surface area contributed by atoms with Crippen LogP contribution in [0.3, 0.4) is 0 Å². The average molecular weight is 200 g/mol. The van der Waals surface area contributed by atoms with Gasteiger partial charge in [-0.05, 0) is 12.1 Å². The van der Waals surface area contributed by atoms with Crippen LogP contribution in [0, 0.1) is 5.95 Å². The van der Waals surface area contributed by atoms with Gasteiger partial charge in [0, 0.05) is 19.2 Å². The van der Waals surface area contributed by atoms with Crippen molar-refractivity contribution < 1.29 is 13.2 Å². The van der Waals surface area contributed by atoms with Crippen LogP contribution in [0.4, 0.5) is 13.2 Å². The predicted octanol–water partition coefficient (Wildman–Crippen LogP) is 2.05. The number of aliphatic imine (C=N–C) groups is 1. The van der Waals surface area contributed by atoms with Crippen LogP contribution < -0.4 is 0 Å². The van der Waals surface area contributed by atoms with Crippen molar-refractivity contribution in [1.29, 1.82) is 0 Å². The van der Waals surface area contributed by atoms with Gasteiger partial charge < -0.3 is 0 Å². The molecule has 14 heavy (non-hydrogen) atoms. The first kappa shape index (κ1) is 9.18. The molecule has 0 fully saturated rings. The van der Waals surface area contributed by atoms with Crippen molar-refractivity contribution in [3.05, 3.63) is 29.8 Å². The molecule has 2 rings (SSSR count). The molecule has 0 aromatic carbocycles. The Balaban J connectivity index is 2.46. The third-order valence-electron chi connectivity index (χ3n) is 2.06. The number of hydrogen-bond acceptors (Lipinski definition) is 2.